The second kappa shape index (κ2) is 2.88. The summed E-state index contributed by atoms with van der Waals surface area (Å²) in [5.41, 5.74) is 4.60. The molecule has 0 aliphatic heterocycles. The van der Waals surface area contributed by atoms with Crippen LogP contribution < -0.4 is 0 Å². The van der Waals surface area contributed by atoms with Crippen molar-refractivity contribution in [3.63, 3.8) is 0 Å². The summed E-state index contributed by atoms with van der Waals surface area (Å²) in [6, 6.07) is -2.60. The van der Waals surface area contributed by atoms with Crippen molar-refractivity contribution in [2.75, 3.05) is 0 Å². The summed E-state index contributed by atoms with van der Waals surface area (Å²) >= 11 is 0. The van der Waals surface area contributed by atoms with E-state index in [1.807, 2.05) is 0 Å². The third-order valence-electron chi connectivity index (χ3n) is 1.88. The number of hydrogen-bond acceptors (Lipinski definition) is 2. The van der Waals surface area contributed by atoms with Crippen LogP contribution in [0, 0.1) is 5.53 Å². The molecule has 0 fully saturated rings. The molecule has 0 bridgehead atoms. The largest absolute Gasteiger partial charge is 0.310 e. The topological polar surface area (TPSA) is 36.2 Å². The summed E-state index contributed by atoms with van der Waals surface area (Å²) in [7, 11) is -21.3. The van der Waals surface area contributed by atoms with Gasteiger partial charge in [-0.3, -0.25) is 0 Å². The average molecular weight is 358 g/mol. The van der Waals surface area contributed by atoms with Crippen LogP contribution in [0.25, 0.3) is 0 Å². The predicted molar refractivity (Wildman–Crippen MR) is 54.0 cm³/mol. The van der Waals surface area contributed by atoms with Crippen LogP contribution in [-0.2, 0) is 0 Å². The van der Waals surface area contributed by atoms with E-state index in [4.69, 9.17) is 5.53 Å². The van der Waals surface area contributed by atoms with Gasteiger partial charge in [-0.1, -0.05) is 38.9 Å². The Hall–Kier alpha value is -1.18. The minimum Gasteiger partial charge on any atom is -0.204 e. The van der Waals surface area contributed by atoms with E-state index in [9.17, 15) is 38.9 Å². The number of nitrogens with zero attached hydrogens (tertiary/aromatic N) is 1. The summed E-state index contributed by atoms with van der Waals surface area (Å²) < 4.78 is 124. The van der Waals surface area contributed by atoms with E-state index >= 15 is 0 Å². The molecule has 0 saturated heterocycles. The lowest BCUT2D eigenvalue weighted by molar-refractivity contribution is 0.360. The Labute approximate surface area is 104 Å². The standard InChI is InChI=1S/C6H4F10N2S2/c7-19(8,9,10,11)5-1-4(18-17)2-6(3-5)20(12,13,14,15)16/h1-3,17H. The lowest BCUT2D eigenvalue weighted by Gasteiger charge is -2.44. The first-order chi connectivity index (χ1) is 8.12. The van der Waals surface area contributed by atoms with E-state index in [-0.39, 0.29) is 0 Å². The van der Waals surface area contributed by atoms with Gasteiger partial charge in [0.1, 0.15) is 9.79 Å². The van der Waals surface area contributed by atoms with Crippen molar-refractivity contribution in [3.8, 4) is 0 Å². The first-order valence-electron chi connectivity index (χ1n) is 4.13. The Balaban J connectivity index is 3.87. The molecule has 120 valence electrons. The molecule has 0 aliphatic rings. The summed E-state index contributed by atoms with van der Waals surface area (Å²) in [5.74, 6) is 0. The van der Waals surface area contributed by atoms with Gasteiger partial charge >= 0.3 is 20.4 Å². The fraction of sp³-hybridized carbons (Fsp3) is 0. The molecule has 1 aromatic rings. The second-order valence-corrected chi connectivity index (χ2v) is 8.53. The number of halogens is 10. The highest BCUT2D eigenvalue weighted by Crippen LogP contribution is 3.05. The molecule has 1 N–H and O–H groups in total. The zero-order valence-corrected chi connectivity index (χ0v) is 10.4. The fourth-order valence-corrected chi connectivity index (χ4v) is 2.53. The van der Waals surface area contributed by atoms with Crippen LogP contribution in [0.4, 0.5) is 44.5 Å². The molecule has 0 atom stereocenters. The third kappa shape index (κ3) is 3.91. The van der Waals surface area contributed by atoms with Crippen molar-refractivity contribution in [1.29, 1.82) is 5.53 Å². The molecule has 14 heteroatoms. The van der Waals surface area contributed by atoms with Crippen LogP contribution in [0.2, 0.25) is 0 Å². The molecule has 2 nitrogen and oxygen atoms in total. The van der Waals surface area contributed by atoms with Gasteiger partial charge in [-0.2, -0.15) is 5.11 Å². The zero-order chi connectivity index (χ0) is 16.4. The van der Waals surface area contributed by atoms with E-state index in [0.29, 0.717) is 0 Å². The molecule has 1 aromatic carbocycles. The molecule has 0 aliphatic carbocycles. The SMILES string of the molecule is N=Nc1cc(S(F)(F)(F)(F)F)cc(S(F)(F)(F)(F)F)c1. The van der Waals surface area contributed by atoms with Crippen LogP contribution >= 0.6 is 20.4 Å². The van der Waals surface area contributed by atoms with E-state index in [2.05, 4.69) is 5.11 Å². The Morgan fingerprint density at radius 1 is 0.650 bits per heavy atom. The molecule has 0 spiro atoms. The van der Waals surface area contributed by atoms with Gasteiger partial charge in [0.05, 0.1) is 5.69 Å². The number of hydrogen-bond donors (Lipinski definition) is 1. The van der Waals surface area contributed by atoms with Gasteiger partial charge in [-0.15, -0.1) is 0 Å². The molecule has 0 amide bonds. The highest BCUT2D eigenvalue weighted by atomic mass is 32.5. The van der Waals surface area contributed by atoms with Crippen molar-refractivity contribution < 1.29 is 38.9 Å². The van der Waals surface area contributed by atoms with E-state index in [1.165, 1.54) is 0 Å². The molecule has 0 unspecified atom stereocenters. The molecule has 20 heavy (non-hydrogen) atoms. The maximum Gasteiger partial charge on any atom is 0.310 e. The Morgan fingerprint density at radius 3 is 1.15 bits per heavy atom. The molecular formula is C6H4F10N2S2. The number of rotatable bonds is 3. The number of benzene rings is 1. The maximum absolute atomic E-state index is 12.4. The third-order valence-corrected chi connectivity index (χ3v) is 4.14. The predicted octanol–water partition coefficient (Wildman–Crippen LogP) is 7.66. The summed E-state index contributed by atoms with van der Waals surface area (Å²) in [6.45, 7) is 0. The minimum atomic E-state index is -10.6. The van der Waals surface area contributed by atoms with Gasteiger partial charge in [0.25, 0.3) is 0 Å². The van der Waals surface area contributed by atoms with Gasteiger partial charge in [-0.25, -0.2) is 5.53 Å². The first-order valence-corrected chi connectivity index (χ1v) is 8.03. The van der Waals surface area contributed by atoms with Crippen LogP contribution in [-0.4, -0.2) is 0 Å². The monoisotopic (exact) mass is 358 g/mol. The minimum absolute atomic E-state index is 0.610. The van der Waals surface area contributed by atoms with Gasteiger partial charge in [-0.05, 0) is 18.2 Å². The smallest absolute Gasteiger partial charge is 0.204 e. The van der Waals surface area contributed by atoms with Crippen molar-refractivity contribution in [2.45, 2.75) is 9.79 Å². The fourth-order valence-electron chi connectivity index (χ4n) is 1.07. The van der Waals surface area contributed by atoms with Crippen LogP contribution in [0.1, 0.15) is 0 Å². The highest BCUT2D eigenvalue weighted by molar-refractivity contribution is 8.46. The molecule has 1 rings (SSSR count). The van der Waals surface area contributed by atoms with Crippen molar-refractivity contribution in [2.24, 2.45) is 5.11 Å². The van der Waals surface area contributed by atoms with Gasteiger partial charge in [0.15, 0.2) is 0 Å². The zero-order valence-electron chi connectivity index (χ0n) is 8.78. The lowest BCUT2D eigenvalue weighted by Crippen LogP contribution is -2.10. The van der Waals surface area contributed by atoms with Crippen LogP contribution in [0.5, 0.6) is 0 Å². The van der Waals surface area contributed by atoms with E-state index in [1.54, 1.807) is 0 Å². The second-order valence-electron chi connectivity index (χ2n) is 3.71. The average Bonchev–Trinajstić information content (AvgIpc) is 2.10. The Morgan fingerprint density at radius 2 is 0.950 bits per heavy atom. The summed E-state index contributed by atoms with van der Waals surface area (Å²) in [4.78, 5) is -6.39. The molecular weight excluding hydrogens is 354 g/mol. The molecule has 0 radical (unpaired) electrons. The lowest BCUT2D eigenvalue weighted by atomic mass is 10.3. The van der Waals surface area contributed by atoms with Crippen molar-refractivity contribution in [3.05, 3.63) is 18.2 Å². The van der Waals surface area contributed by atoms with E-state index in [0.717, 1.165) is 0 Å². The van der Waals surface area contributed by atoms with Crippen LogP contribution in [0.15, 0.2) is 33.1 Å². The normalized spacial score (nSPS) is 20.3. The first kappa shape index (κ1) is 16.9. The Bertz CT molecular complexity index is 550. The summed E-state index contributed by atoms with van der Waals surface area (Å²) in [5, 5.41) is 2.06. The molecule has 0 heterocycles. The van der Waals surface area contributed by atoms with Crippen molar-refractivity contribution in [1.82, 2.24) is 0 Å². The molecule has 0 aromatic heterocycles. The van der Waals surface area contributed by atoms with Gasteiger partial charge in [0, 0.05) is 0 Å². The van der Waals surface area contributed by atoms with Gasteiger partial charge in [0.2, 0.25) is 0 Å². The molecule has 0 saturated carbocycles. The summed E-state index contributed by atoms with van der Waals surface area (Å²) in [6.07, 6.45) is 0. The van der Waals surface area contributed by atoms with E-state index < -0.39 is 54.1 Å². The van der Waals surface area contributed by atoms with Crippen LogP contribution in [0.3, 0.4) is 0 Å². The quantitative estimate of drug-likeness (QED) is 0.425. The maximum atomic E-state index is 12.4. The van der Waals surface area contributed by atoms with Gasteiger partial charge < -0.3 is 0 Å². The Kier molecular flexibility index (Phi) is 2.43. The highest BCUT2D eigenvalue weighted by Gasteiger charge is 2.69. The number of nitrogens with one attached hydrogen (secondary N) is 1. The van der Waals surface area contributed by atoms with Crippen molar-refractivity contribution >= 4 is 26.1 Å².